The summed E-state index contributed by atoms with van der Waals surface area (Å²) in [5.74, 6) is 0.898. The Bertz CT molecular complexity index is 513. The highest BCUT2D eigenvalue weighted by molar-refractivity contribution is 9.09. The van der Waals surface area contributed by atoms with E-state index in [9.17, 15) is 0 Å². The number of hydrogen-bond donors (Lipinski definition) is 0. The normalized spacial score (nSPS) is 10.8. The van der Waals surface area contributed by atoms with Crippen molar-refractivity contribution in [1.82, 2.24) is 4.98 Å². The average molecular weight is 308 g/mol. The van der Waals surface area contributed by atoms with Gasteiger partial charge >= 0.3 is 0 Å². The highest BCUT2D eigenvalue weighted by atomic mass is 79.9. The van der Waals surface area contributed by atoms with E-state index in [0.29, 0.717) is 0 Å². The molecule has 3 heteroatoms. The number of ether oxygens (including phenoxy) is 1. The first-order valence-electron chi connectivity index (χ1n) is 6.36. The molecule has 0 fully saturated rings. The van der Waals surface area contributed by atoms with Crippen LogP contribution in [0.2, 0.25) is 0 Å². The standard InChI is InChI=1S/C15H18BrNO/c1-12-8-9-13-6-5-7-14(15(13)17-12)18-11-4-2-3-10-16/h5-9H,2-4,10-11H2,1H3. The van der Waals surface area contributed by atoms with Crippen LogP contribution < -0.4 is 4.74 Å². The van der Waals surface area contributed by atoms with Gasteiger partial charge in [-0.15, -0.1) is 0 Å². The zero-order valence-electron chi connectivity index (χ0n) is 10.7. The summed E-state index contributed by atoms with van der Waals surface area (Å²) in [7, 11) is 0. The molecule has 0 amide bonds. The summed E-state index contributed by atoms with van der Waals surface area (Å²) in [6.07, 6.45) is 3.49. The van der Waals surface area contributed by atoms with Crippen LogP contribution in [0.15, 0.2) is 30.3 Å². The molecule has 1 aromatic carbocycles. The summed E-state index contributed by atoms with van der Waals surface area (Å²) in [6.45, 7) is 2.77. The number of benzene rings is 1. The largest absolute Gasteiger partial charge is 0.491 e. The number of hydrogen-bond acceptors (Lipinski definition) is 2. The van der Waals surface area contributed by atoms with E-state index in [2.05, 4.69) is 33.0 Å². The van der Waals surface area contributed by atoms with Gasteiger partial charge in [0.25, 0.3) is 0 Å². The monoisotopic (exact) mass is 307 g/mol. The lowest BCUT2D eigenvalue weighted by Crippen LogP contribution is -1.99. The van der Waals surface area contributed by atoms with Crippen molar-refractivity contribution in [2.75, 3.05) is 11.9 Å². The Hall–Kier alpha value is -1.09. The molecule has 96 valence electrons. The molecular formula is C15H18BrNO. The molecule has 0 bridgehead atoms. The number of unbranched alkanes of at least 4 members (excludes halogenated alkanes) is 2. The lowest BCUT2D eigenvalue weighted by atomic mass is 10.2. The number of aromatic nitrogens is 1. The van der Waals surface area contributed by atoms with Crippen molar-refractivity contribution >= 4 is 26.8 Å². The molecule has 0 aliphatic carbocycles. The van der Waals surface area contributed by atoms with Crippen LogP contribution in [0.1, 0.15) is 25.0 Å². The van der Waals surface area contributed by atoms with E-state index in [1.807, 2.05) is 25.1 Å². The van der Waals surface area contributed by atoms with Crippen molar-refractivity contribution in [1.29, 1.82) is 0 Å². The molecule has 0 spiro atoms. The van der Waals surface area contributed by atoms with Crippen molar-refractivity contribution in [3.8, 4) is 5.75 Å². The second kappa shape index (κ2) is 6.74. The molecule has 0 atom stereocenters. The smallest absolute Gasteiger partial charge is 0.145 e. The van der Waals surface area contributed by atoms with Crippen LogP contribution in [-0.2, 0) is 0 Å². The predicted molar refractivity (Wildman–Crippen MR) is 79.6 cm³/mol. The maximum absolute atomic E-state index is 5.84. The summed E-state index contributed by atoms with van der Waals surface area (Å²) in [5, 5.41) is 2.21. The van der Waals surface area contributed by atoms with Crippen LogP contribution in [0.4, 0.5) is 0 Å². The number of nitrogens with zero attached hydrogens (tertiary/aromatic N) is 1. The molecule has 0 aliphatic heterocycles. The van der Waals surface area contributed by atoms with Gasteiger partial charge in [-0.2, -0.15) is 0 Å². The Kier molecular flexibility index (Phi) is 5.00. The molecular weight excluding hydrogens is 290 g/mol. The van der Waals surface area contributed by atoms with Gasteiger partial charge in [0.1, 0.15) is 11.3 Å². The third kappa shape index (κ3) is 3.45. The van der Waals surface area contributed by atoms with E-state index in [0.717, 1.165) is 40.7 Å². The Morgan fingerprint density at radius 1 is 1.11 bits per heavy atom. The predicted octanol–water partition coefficient (Wildman–Crippen LogP) is 4.49. The Morgan fingerprint density at radius 2 is 2.00 bits per heavy atom. The second-order valence-electron chi connectivity index (χ2n) is 4.38. The van der Waals surface area contributed by atoms with Crippen molar-refractivity contribution in [2.45, 2.75) is 26.2 Å². The van der Waals surface area contributed by atoms with Gasteiger partial charge in [0.15, 0.2) is 0 Å². The highest BCUT2D eigenvalue weighted by Crippen LogP contribution is 2.24. The van der Waals surface area contributed by atoms with E-state index in [-0.39, 0.29) is 0 Å². The number of halogens is 1. The van der Waals surface area contributed by atoms with Gasteiger partial charge in [-0.05, 0) is 38.3 Å². The van der Waals surface area contributed by atoms with Gasteiger partial charge in [-0.1, -0.05) is 34.1 Å². The van der Waals surface area contributed by atoms with Crippen molar-refractivity contribution in [2.24, 2.45) is 0 Å². The van der Waals surface area contributed by atoms with Crippen LogP contribution in [0, 0.1) is 6.92 Å². The summed E-state index contributed by atoms with van der Waals surface area (Å²) in [4.78, 5) is 4.56. The minimum atomic E-state index is 0.766. The fraction of sp³-hybridized carbons (Fsp3) is 0.400. The first-order chi connectivity index (χ1) is 8.81. The molecule has 0 radical (unpaired) electrons. The van der Waals surface area contributed by atoms with E-state index < -0.39 is 0 Å². The highest BCUT2D eigenvalue weighted by Gasteiger charge is 2.03. The van der Waals surface area contributed by atoms with Crippen LogP contribution in [0.25, 0.3) is 10.9 Å². The van der Waals surface area contributed by atoms with E-state index in [4.69, 9.17) is 4.74 Å². The average Bonchev–Trinajstić information content (AvgIpc) is 2.39. The van der Waals surface area contributed by atoms with Crippen LogP contribution in [0.3, 0.4) is 0 Å². The maximum Gasteiger partial charge on any atom is 0.145 e. The Morgan fingerprint density at radius 3 is 2.83 bits per heavy atom. The molecule has 0 saturated carbocycles. The third-order valence-corrected chi connectivity index (χ3v) is 3.42. The van der Waals surface area contributed by atoms with Crippen molar-refractivity contribution < 1.29 is 4.74 Å². The van der Waals surface area contributed by atoms with Gasteiger partial charge in [0, 0.05) is 16.4 Å². The Labute approximate surface area is 117 Å². The van der Waals surface area contributed by atoms with Gasteiger partial charge in [-0.3, -0.25) is 0 Å². The van der Waals surface area contributed by atoms with Gasteiger partial charge in [-0.25, -0.2) is 4.98 Å². The van der Waals surface area contributed by atoms with Gasteiger partial charge in [0.05, 0.1) is 6.61 Å². The molecule has 0 N–H and O–H groups in total. The van der Waals surface area contributed by atoms with Crippen LogP contribution >= 0.6 is 15.9 Å². The van der Waals surface area contributed by atoms with Gasteiger partial charge < -0.3 is 4.74 Å². The fourth-order valence-electron chi connectivity index (χ4n) is 1.89. The molecule has 1 aromatic heterocycles. The maximum atomic E-state index is 5.84. The fourth-order valence-corrected chi connectivity index (χ4v) is 2.29. The number of alkyl halides is 1. The molecule has 2 nitrogen and oxygen atoms in total. The zero-order valence-corrected chi connectivity index (χ0v) is 12.2. The quantitative estimate of drug-likeness (QED) is 0.579. The number of para-hydroxylation sites is 1. The lowest BCUT2D eigenvalue weighted by molar-refractivity contribution is 0.309. The van der Waals surface area contributed by atoms with Crippen molar-refractivity contribution in [3.05, 3.63) is 36.0 Å². The molecule has 2 aromatic rings. The first-order valence-corrected chi connectivity index (χ1v) is 7.48. The van der Waals surface area contributed by atoms with E-state index >= 15 is 0 Å². The summed E-state index contributed by atoms with van der Waals surface area (Å²) >= 11 is 3.44. The number of pyridine rings is 1. The molecule has 0 unspecified atom stereocenters. The second-order valence-corrected chi connectivity index (χ2v) is 5.17. The third-order valence-electron chi connectivity index (χ3n) is 2.86. The minimum absolute atomic E-state index is 0.766. The number of rotatable bonds is 6. The van der Waals surface area contributed by atoms with Gasteiger partial charge in [0.2, 0.25) is 0 Å². The van der Waals surface area contributed by atoms with Crippen LogP contribution in [0.5, 0.6) is 5.75 Å². The molecule has 1 heterocycles. The van der Waals surface area contributed by atoms with Crippen LogP contribution in [-0.4, -0.2) is 16.9 Å². The zero-order chi connectivity index (χ0) is 12.8. The summed E-state index contributed by atoms with van der Waals surface area (Å²) in [5.41, 5.74) is 2.00. The van der Waals surface area contributed by atoms with E-state index in [1.54, 1.807) is 0 Å². The molecule has 0 aliphatic rings. The van der Waals surface area contributed by atoms with E-state index in [1.165, 1.54) is 12.8 Å². The molecule has 0 saturated heterocycles. The first kappa shape index (κ1) is 13.3. The van der Waals surface area contributed by atoms with Crippen molar-refractivity contribution in [3.63, 3.8) is 0 Å². The lowest BCUT2D eigenvalue weighted by Gasteiger charge is -2.09. The molecule has 18 heavy (non-hydrogen) atoms. The minimum Gasteiger partial charge on any atom is -0.491 e. The number of fused-ring (bicyclic) bond motifs is 1. The molecule has 2 rings (SSSR count). The summed E-state index contributed by atoms with van der Waals surface area (Å²) < 4.78 is 5.84. The number of aryl methyl sites for hydroxylation is 1. The summed E-state index contributed by atoms with van der Waals surface area (Å²) in [6, 6.07) is 10.2. The topological polar surface area (TPSA) is 22.1 Å². The SMILES string of the molecule is Cc1ccc2cccc(OCCCCCBr)c2n1. The Balaban J connectivity index is 2.05.